The lowest BCUT2D eigenvalue weighted by molar-refractivity contribution is 0.0594. The minimum absolute atomic E-state index is 0.109. The Balaban J connectivity index is 2.28. The molecular weight excluding hydrogens is 242 g/mol. The molecule has 0 atom stereocenters. The molecule has 1 heterocycles. The average molecular weight is 259 g/mol. The Hall–Kier alpha value is -2.17. The van der Waals surface area contributed by atoms with Crippen molar-refractivity contribution in [2.75, 3.05) is 7.11 Å². The number of hydrogen-bond acceptors (Lipinski definition) is 4. The van der Waals surface area contributed by atoms with Crippen LogP contribution in [0.15, 0.2) is 30.5 Å². The van der Waals surface area contributed by atoms with Crippen molar-refractivity contribution in [2.45, 2.75) is 26.2 Å². The maximum absolute atomic E-state index is 11.3. The third kappa shape index (κ3) is 2.81. The van der Waals surface area contributed by atoms with Crippen LogP contribution in [-0.4, -0.2) is 28.1 Å². The van der Waals surface area contributed by atoms with E-state index in [9.17, 15) is 4.79 Å². The lowest BCUT2D eigenvalue weighted by atomic mass is 9.87. The number of ether oxygens (including phenoxy) is 1. The predicted molar refractivity (Wildman–Crippen MR) is 71.4 cm³/mol. The molecule has 0 aliphatic carbocycles. The van der Waals surface area contributed by atoms with Gasteiger partial charge in [0.1, 0.15) is 0 Å². The second-order valence-corrected chi connectivity index (χ2v) is 5.34. The van der Waals surface area contributed by atoms with E-state index in [1.807, 2.05) is 12.1 Å². The zero-order chi connectivity index (χ0) is 14.0. The van der Waals surface area contributed by atoms with Gasteiger partial charge in [-0.2, -0.15) is 0 Å². The zero-order valence-corrected chi connectivity index (χ0v) is 11.5. The van der Waals surface area contributed by atoms with Crippen LogP contribution in [0, 0.1) is 0 Å². The summed E-state index contributed by atoms with van der Waals surface area (Å²) in [4.78, 5) is 11.3. The first kappa shape index (κ1) is 13.3. The normalized spacial score (nSPS) is 11.4. The SMILES string of the molecule is COC(=O)c1cn(-c2ccc(C(C)(C)C)cc2)nn1. The fraction of sp³-hybridized carbons (Fsp3) is 0.357. The highest BCUT2D eigenvalue weighted by Crippen LogP contribution is 2.22. The first-order chi connectivity index (χ1) is 8.91. The molecule has 100 valence electrons. The van der Waals surface area contributed by atoms with Crippen LogP contribution >= 0.6 is 0 Å². The van der Waals surface area contributed by atoms with E-state index >= 15 is 0 Å². The maximum atomic E-state index is 11.3. The van der Waals surface area contributed by atoms with E-state index in [2.05, 4.69) is 48.0 Å². The maximum Gasteiger partial charge on any atom is 0.360 e. The Bertz CT molecular complexity index is 579. The van der Waals surface area contributed by atoms with Crippen molar-refractivity contribution in [2.24, 2.45) is 0 Å². The minimum Gasteiger partial charge on any atom is -0.464 e. The summed E-state index contributed by atoms with van der Waals surface area (Å²) in [6.07, 6.45) is 1.55. The van der Waals surface area contributed by atoms with Crippen molar-refractivity contribution in [3.8, 4) is 5.69 Å². The molecule has 0 N–H and O–H groups in total. The van der Waals surface area contributed by atoms with E-state index < -0.39 is 5.97 Å². The Kier molecular flexibility index (Phi) is 3.38. The zero-order valence-electron chi connectivity index (χ0n) is 11.5. The molecule has 0 saturated heterocycles. The second kappa shape index (κ2) is 4.84. The first-order valence-corrected chi connectivity index (χ1v) is 6.03. The summed E-state index contributed by atoms with van der Waals surface area (Å²) < 4.78 is 6.15. The molecule has 0 fully saturated rings. The van der Waals surface area contributed by atoms with E-state index in [1.54, 1.807) is 10.9 Å². The summed E-state index contributed by atoms with van der Waals surface area (Å²) >= 11 is 0. The number of rotatable bonds is 2. The van der Waals surface area contributed by atoms with Gasteiger partial charge in [-0.05, 0) is 23.1 Å². The summed E-state index contributed by atoms with van der Waals surface area (Å²) in [6.45, 7) is 6.48. The fourth-order valence-electron chi connectivity index (χ4n) is 1.70. The van der Waals surface area contributed by atoms with Gasteiger partial charge < -0.3 is 4.74 Å². The highest BCUT2D eigenvalue weighted by Gasteiger charge is 2.14. The summed E-state index contributed by atoms with van der Waals surface area (Å²) in [7, 11) is 1.32. The largest absolute Gasteiger partial charge is 0.464 e. The smallest absolute Gasteiger partial charge is 0.360 e. The van der Waals surface area contributed by atoms with Crippen LogP contribution in [-0.2, 0) is 10.2 Å². The van der Waals surface area contributed by atoms with E-state index in [0.29, 0.717) is 0 Å². The van der Waals surface area contributed by atoms with Gasteiger partial charge in [0.25, 0.3) is 0 Å². The van der Waals surface area contributed by atoms with E-state index in [1.165, 1.54) is 12.7 Å². The van der Waals surface area contributed by atoms with Crippen LogP contribution in [0.2, 0.25) is 0 Å². The van der Waals surface area contributed by atoms with Crippen molar-refractivity contribution in [1.29, 1.82) is 0 Å². The Morgan fingerprint density at radius 2 is 1.84 bits per heavy atom. The molecule has 0 unspecified atom stereocenters. The van der Waals surface area contributed by atoms with Gasteiger partial charge in [0.2, 0.25) is 0 Å². The summed E-state index contributed by atoms with van der Waals surface area (Å²) in [5.41, 5.74) is 2.40. The number of nitrogens with zero attached hydrogens (tertiary/aromatic N) is 3. The average Bonchev–Trinajstić information content (AvgIpc) is 2.86. The molecule has 5 nitrogen and oxygen atoms in total. The van der Waals surface area contributed by atoms with Gasteiger partial charge in [0, 0.05) is 0 Å². The molecule has 19 heavy (non-hydrogen) atoms. The van der Waals surface area contributed by atoms with Crippen LogP contribution < -0.4 is 0 Å². The number of methoxy groups -OCH3 is 1. The molecule has 0 radical (unpaired) electrons. The fourth-order valence-corrected chi connectivity index (χ4v) is 1.70. The third-order valence-corrected chi connectivity index (χ3v) is 2.89. The number of esters is 1. The molecule has 0 spiro atoms. The van der Waals surface area contributed by atoms with Crippen molar-refractivity contribution >= 4 is 5.97 Å². The van der Waals surface area contributed by atoms with Crippen LogP contribution in [0.25, 0.3) is 5.69 Å². The minimum atomic E-state index is -0.488. The Labute approximate surface area is 112 Å². The highest BCUT2D eigenvalue weighted by atomic mass is 16.5. The number of carbonyl (C=O) groups excluding carboxylic acids is 1. The summed E-state index contributed by atoms with van der Waals surface area (Å²) in [5, 5.41) is 7.69. The summed E-state index contributed by atoms with van der Waals surface area (Å²) in [6, 6.07) is 8.01. The third-order valence-electron chi connectivity index (χ3n) is 2.89. The number of hydrogen-bond donors (Lipinski definition) is 0. The standard InChI is InChI=1S/C14H17N3O2/c1-14(2,3)10-5-7-11(8-6-10)17-9-12(15-16-17)13(18)19-4/h5-9H,1-4H3. The van der Waals surface area contributed by atoms with E-state index in [4.69, 9.17) is 0 Å². The van der Waals surface area contributed by atoms with Gasteiger partial charge in [0.15, 0.2) is 5.69 Å². The van der Waals surface area contributed by atoms with Gasteiger partial charge in [-0.1, -0.05) is 38.1 Å². The lowest BCUT2D eigenvalue weighted by Gasteiger charge is -2.18. The molecule has 5 heteroatoms. The van der Waals surface area contributed by atoms with Gasteiger partial charge in [-0.15, -0.1) is 5.10 Å². The Morgan fingerprint density at radius 1 is 1.21 bits per heavy atom. The second-order valence-electron chi connectivity index (χ2n) is 5.34. The highest BCUT2D eigenvalue weighted by molar-refractivity contribution is 5.86. The molecule has 0 bridgehead atoms. The number of carbonyl (C=O) groups is 1. The quantitative estimate of drug-likeness (QED) is 0.777. The van der Waals surface area contributed by atoms with Crippen LogP contribution in [0.1, 0.15) is 36.8 Å². The molecule has 2 aromatic rings. The monoisotopic (exact) mass is 259 g/mol. The van der Waals surface area contributed by atoms with Crippen molar-refractivity contribution in [3.63, 3.8) is 0 Å². The molecule has 0 saturated carbocycles. The number of benzene rings is 1. The molecule has 0 aliphatic rings. The van der Waals surface area contributed by atoms with Gasteiger partial charge in [-0.3, -0.25) is 0 Å². The van der Waals surface area contributed by atoms with Crippen molar-refractivity contribution in [1.82, 2.24) is 15.0 Å². The Morgan fingerprint density at radius 3 is 2.37 bits per heavy atom. The van der Waals surface area contributed by atoms with E-state index in [0.717, 1.165) is 5.69 Å². The molecular formula is C14H17N3O2. The van der Waals surface area contributed by atoms with E-state index in [-0.39, 0.29) is 11.1 Å². The molecule has 1 aromatic heterocycles. The van der Waals surface area contributed by atoms with Crippen LogP contribution in [0.3, 0.4) is 0 Å². The topological polar surface area (TPSA) is 57.0 Å². The lowest BCUT2D eigenvalue weighted by Crippen LogP contribution is -2.10. The van der Waals surface area contributed by atoms with Gasteiger partial charge >= 0.3 is 5.97 Å². The number of aromatic nitrogens is 3. The van der Waals surface area contributed by atoms with Crippen LogP contribution in [0.5, 0.6) is 0 Å². The van der Waals surface area contributed by atoms with Crippen LogP contribution in [0.4, 0.5) is 0 Å². The molecule has 0 amide bonds. The predicted octanol–water partition coefficient (Wildman–Crippen LogP) is 2.35. The van der Waals surface area contributed by atoms with Gasteiger partial charge in [0.05, 0.1) is 19.0 Å². The molecule has 0 aliphatic heterocycles. The summed E-state index contributed by atoms with van der Waals surface area (Å²) in [5.74, 6) is -0.488. The molecule has 2 rings (SSSR count). The van der Waals surface area contributed by atoms with Crippen molar-refractivity contribution in [3.05, 3.63) is 41.7 Å². The first-order valence-electron chi connectivity index (χ1n) is 6.03. The molecule has 1 aromatic carbocycles. The van der Waals surface area contributed by atoms with Crippen molar-refractivity contribution < 1.29 is 9.53 Å². The van der Waals surface area contributed by atoms with Gasteiger partial charge in [-0.25, -0.2) is 9.48 Å².